The molecule has 8 heteroatoms. The van der Waals surface area contributed by atoms with Gasteiger partial charge in [-0.3, -0.25) is 9.99 Å². The monoisotopic (exact) mass is 576 g/mol. The second-order valence-corrected chi connectivity index (χ2v) is 11.7. The van der Waals surface area contributed by atoms with Crippen LogP contribution in [0.2, 0.25) is 10.0 Å². The number of hydrazone groups is 1. The molecule has 5 rings (SSSR count). The molecule has 1 fully saturated rings. The van der Waals surface area contributed by atoms with Crippen LogP contribution in [0.3, 0.4) is 0 Å². The number of imidazole rings is 1. The maximum Gasteiger partial charge on any atom is 0.146 e. The fraction of sp³-hybridized carbons (Fsp3) is 0.385. The molecule has 2 aliphatic rings. The first-order chi connectivity index (χ1) is 16.5. The van der Waals surface area contributed by atoms with Gasteiger partial charge in [-0.1, -0.05) is 83.5 Å². The normalized spacial score (nSPS) is 18.7. The summed E-state index contributed by atoms with van der Waals surface area (Å²) in [5.74, 6) is 1.40. The Hall–Kier alpha value is -1.47. The van der Waals surface area contributed by atoms with Gasteiger partial charge in [-0.05, 0) is 61.7 Å². The van der Waals surface area contributed by atoms with Gasteiger partial charge in [-0.15, -0.1) is 0 Å². The van der Waals surface area contributed by atoms with Gasteiger partial charge in [-0.25, -0.2) is 4.98 Å². The molecule has 0 saturated heterocycles. The molecule has 2 heterocycles. The van der Waals surface area contributed by atoms with Gasteiger partial charge in [0.15, 0.2) is 0 Å². The van der Waals surface area contributed by atoms with E-state index in [-0.39, 0.29) is 5.37 Å². The minimum atomic E-state index is 0.000000560. The third kappa shape index (κ3) is 4.92. The van der Waals surface area contributed by atoms with E-state index in [1.54, 1.807) is 6.07 Å². The number of halogens is 3. The molecule has 2 aromatic carbocycles. The van der Waals surface area contributed by atoms with Gasteiger partial charge >= 0.3 is 0 Å². The fourth-order valence-electron chi connectivity index (χ4n) is 4.83. The third-order valence-corrected chi connectivity index (χ3v) is 8.79. The molecule has 34 heavy (non-hydrogen) atoms. The van der Waals surface area contributed by atoms with Crippen LogP contribution in [0.1, 0.15) is 62.2 Å². The molecule has 0 bridgehead atoms. The van der Waals surface area contributed by atoms with Crippen molar-refractivity contribution in [2.45, 2.75) is 57.2 Å². The van der Waals surface area contributed by atoms with Crippen molar-refractivity contribution >= 4 is 55.9 Å². The Morgan fingerprint density at radius 1 is 1.09 bits per heavy atom. The summed E-state index contributed by atoms with van der Waals surface area (Å²) in [6, 6.07) is 14.0. The van der Waals surface area contributed by atoms with Crippen molar-refractivity contribution in [3.8, 4) is 17.1 Å². The van der Waals surface area contributed by atoms with Crippen molar-refractivity contribution in [3.05, 3.63) is 68.4 Å². The highest BCUT2D eigenvalue weighted by molar-refractivity contribution is 9.10. The molecule has 1 aliphatic carbocycles. The van der Waals surface area contributed by atoms with Gasteiger partial charge in [0, 0.05) is 32.4 Å². The third-order valence-electron chi connectivity index (χ3n) is 6.48. The Bertz CT molecular complexity index is 1200. The van der Waals surface area contributed by atoms with E-state index in [1.807, 2.05) is 23.9 Å². The molecule has 1 aromatic heterocycles. The number of thioether (sulfide) groups is 1. The van der Waals surface area contributed by atoms with Crippen molar-refractivity contribution < 1.29 is 0 Å². The molecule has 0 radical (unpaired) electrons. The number of hydrogen-bond acceptors (Lipinski definition) is 4. The van der Waals surface area contributed by atoms with Crippen LogP contribution in [0.15, 0.2) is 52.0 Å². The highest BCUT2D eigenvalue weighted by Gasteiger charge is 2.33. The molecule has 1 atom stereocenters. The fourth-order valence-corrected chi connectivity index (χ4v) is 6.77. The number of aromatic nitrogens is 2. The van der Waals surface area contributed by atoms with Crippen LogP contribution in [0.4, 0.5) is 0 Å². The van der Waals surface area contributed by atoms with Crippen molar-refractivity contribution in [1.29, 1.82) is 0 Å². The van der Waals surface area contributed by atoms with Gasteiger partial charge in [0.25, 0.3) is 0 Å². The Kier molecular flexibility index (Phi) is 7.59. The van der Waals surface area contributed by atoms with Crippen molar-refractivity contribution in [3.63, 3.8) is 0 Å². The molecular formula is C26H27BrCl2N4S. The first kappa shape index (κ1) is 24.2. The van der Waals surface area contributed by atoms with E-state index < -0.39 is 0 Å². The predicted molar refractivity (Wildman–Crippen MR) is 148 cm³/mol. The topological polar surface area (TPSA) is 42.2 Å². The van der Waals surface area contributed by atoms with E-state index >= 15 is 0 Å². The molecule has 1 N–H and O–H groups in total. The zero-order valence-corrected chi connectivity index (χ0v) is 22.9. The van der Waals surface area contributed by atoms with E-state index in [4.69, 9.17) is 33.3 Å². The van der Waals surface area contributed by atoms with E-state index in [1.165, 1.54) is 42.8 Å². The average molecular weight is 578 g/mol. The smallest absolute Gasteiger partial charge is 0.146 e. The second-order valence-electron chi connectivity index (χ2n) is 8.87. The second kappa shape index (κ2) is 10.7. The van der Waals surface area contributed by atoms with Crippen molar-refractivity contribution in [2.24, 2.45) is 11.0 Å². The van der Waals surface area contributed by atoms with Crippen LogP contribution in [-0.2, 0) is 6.42 Å². The SMILES string of the molecule is CCCc1c(C2NN=C(C3CCCCC3)S2)nc(-c2ccc(Cl)cc2Cl)n1-c1ccc(Br)cc1. The van der Waals surface area contributed by atoms with Crippen LogP contribution in [0.25, 0.3) is 17.1 Å². The number of benzene rings is 2. The van der Waals surface area contributed by atoms with E-state index in [0.717, 1.165) is 40.1 Å². The number of hydrogen-bond donors (Lipinski definition) is 1. The maximum atomic E-state index is 6.68. The van der Waals surface area contributed by atoms with Gasteiger partial charge in [0.2, 0.25) is 0 Å². The average Bonchev–Trinajstić information content (AvgIpc) is 3.46. The summed E-state index contributed by atoms with van der Waals surface area (Å²) in [7, 11) is 0. The summed E-state index contributed by atoms with van der Waals surface area (Å²) in [5.41, 5.74) is 7.56. The summed E-state index contributed by atoms with van der Waals surface area (Å²) < 4.78 is 3.29. The number of rotatable bonds is 6. The number of nitrogens with one attached hydrogen (secondary N) is 1. The highest BCUT2D eigenvalue weighted by Crippen LogP contribution is 2.42. The predicted octanol–water partition coefficient (Wildman–Crippen LogP) is 8.79. The molecule has 1 unspecified atom stereocenters. The van der Waals surface area contributed by atoms with Crippen LogP contribution >= 0.6 is 50.9 Å². The standard InChI is InChI=1S/C26H27BrCl2N4S/c1-2-6-22-23(26-32-31-25(34-26)16-7-4-3-5-8-16)30-24(20-14-11-18(28)15-21(20)29)33(22)19-12-9-17(27)10-13-19/h9-16,26,32H,2-8H2,1H3. The minimum absolute atomic E-state index is 0.000000560. The quantitative estimate of drug-likeness (QED) is 0.318. The Morgan fingerprint density at radius 2 is 1.85 bits per heavy atom. The summed E-state index contributed by atoms with van der Waals surface area (Å²) >= 11 is 18.3. The highest BCUT2D eigenvalue weighted by atomic mass is 79.9. The maximum absolute atomic E-state index is 6.68. The Labute approximate surface area is 223 Å². The zero-order chi connectivity index (χ0) is 23.7. The molecule has 3 aromatic rings. The summed E-state index contributed by atoms with van der Waals surface area (Å²) in [5, 5.41) is 7.22. The summed E-state index contributed by atoms with van der Waals surface area (Å²) in [4.78, 5) is 5.22. The van der Waals surface area contributed by atoms with Crippen LogP contribution in [0.5, 0.6) is 0 Å². The van der Waals surface area contributed by atoms with Crippen molar-refractivity contribution in [1.82, 2.24) is 15.0 Å². The van der Waals surface area contributed by atoms with E-state index in [2.05, 4.69) is 57.1 Å². The lowest BCUT2D eigenvalue weighted by atomic mass is 9.90. The van der Waals surface area contributed by atoms with Gasteiger partial charge < -0.3 is 0 Å². The van der Waals surface area contributed by atoms with Gasteiger partial charge in [0.05, 0.1) is 15.8 Å². The first-order valence-corrected chi connectivity index (χ1v) is 14.3. The largest absolute Gasteiger partial charge is 0.296 e. The lowest BCUT2D eigenvalue weighted by Gasteiger charge is -2.20. The summed E-state index contributed by atoms with van der Waals surface area (Å²) in [6.07, 6.45) is 8.33. The molecule has 1 saturated carbocycles. The van der Waals surface area contributed by atoms with Crippen molar-refractivity contribution in [2.75, 3.05) is 0 Å². The number of nitrogens with zero attached hydrogens (tertiary/aromatic N) is 3. The Balaban J connectivity index is 1.60. The zero-order valence-electron chi connectivity index (χ0n) is 19.0. The lowest BCUT2D eigenvalue weighted by molar-refractivity contribution is 0.442. The summed E-state index contributed by atoms with van der Waals surface area (Å²) in [6.45, 7) is 2.21. The minimum Gasteiger partial charge on any atom is -0.296 e. The molecule has 1 aliphatic heterocycles. The van der Waals surface area contributed by atoms with E-state index in [0.29, 0.717) is 16.0 Å². The first-order valence-electron chi connectivity index (χ1n) is 11.9. The molecule has 178 valence electrons. The molecule has 4 nitrogen and oxygen atoms in total. The van der Waals surface area contributed by atoms with Crippen LogP contribution in [-0.4, -0.2) is 14.6 Å². The van der Waals surface area contributed by atoms with Crippen LogP contribution < -0.4 is 5.43 Å². The van der Waals surface area contributed by atoms with E-state index in [9.17, 15) is 0 Å². The molecule has 0 amide bonds. The molecular weight excluding hydrogens is 551 g/mol. The van der Waals surface area contributed by atoms with Gasteiger partial charge in [-0.2, -0.15) is 5.10 Å². The van der Waals surface area contributed by atoms with Gasteiger partial charge in [0.1, 0.15) is 11.2 Å². The van der Waals surface area contributed by atoms with Crippen LogP contribution in [0, 0.1) is 5.92 Å². The molecule has 0 spiro atoms. The lowest BCUT2D eigenvalue weighted by Crippen LogP contribution is -2.13. The Morgan fingerprint density at radius 3 is 2.56 bits per heavy atom.